The molecule has 1 heterocycles. The molecule has 1 unspecified atom stereocenters. The molecule has 122 valence electrons. The zero-order valence-electron chi connectivity index (χ0n) is 14.3. The molecule has 0 aromatic heterocycles. The molecule has 22 heavy (non-hydrogen) atoms. The van der Waals surface area contributed by atoms with Crippen molar-refractivity contribution < 1.29 is 4.79 Å². The van der Waals surface area contributed by atoms with E-state index >= 15 is 0 Å². The van der Waals surface area contributed by atoms with E-state index in [1.165, 1.54) is 11.1 Å². The van der Waals surface area contributed by atoms with Gasteiger partial charge in [-0.3, -0.25) is 9.69 Å². The zero-order valence-corrected chi connectivity index (χ0v) is 14.3. The van der Waals surface area contributed by atoms with E-state index in [2.05, 4.69) is 48.3 Å². The maximum atomic E-state index is 11.8. The van der Waals surface area contributed by atoms with Gasteiger partial charge in [-0.05, 0) is 36.3 Å². The third kappa shape index (κ3) is 4.84. The lowest BCUT2D eigenvalue weighted by Gasteiger charge is -2.36. The second-order valence-corrected chi connectivity index (χ2v) is 6.83. The molecular formula is C19H30N2O. The minimum Gasteiger partial charge on any atom is -0.355 e. The average Bonchev–Trinajstić information content (AvgIpc) is 2.51. The maximum absolute atomic E-state index is 11.8. The molecule has 2 rings (SSSR count). The van der Waals surface area contributed by atoms with Crippen molar-refractivity contribution in [2.24, 2.45) is 5.92 Å². The molecule has 1 N–H and O–H groups in total. The Morgan fingerprint density at radius 2 is 2.00 bits per heavy atom. The van der Waals surface area contributed by atoms with Gasteiger partial charge in [-0.15, -0.1) is 0 Å². The molecule has 0 aliphatic carbocycles. The summed E-state index contributed by atoms with van der Waals surface area (Å²) in [6.45, 7) is 9.46. The van der Waals surface area contributed by atoms with Crippen LogP contribution >= 0.6 is 0 Å². The number of nitrogens with zero attached hydrogens (tertiary/aromatic N) is 1. The zero-order chi connectivity index (χ0) is 15.9. The van der Waals surface area contributed by atoms with Crippen molar-refractivity contribution >= 4 is 5.91 Å². The Hall–Kier alpha value is -1.35. The lowest BCUT2D eigenvalue weighted by Crippen LogP contribution is -2.46. The number of amides is 1. The molecule has 1 atom stereocenters. The standard InChI is InChI=1S/C19H30N2O/c1-4-7-19(22)20-13-18(12-15(2)3)21-11-10-16-8-5-6-9-17(16)14-21/h5-6,8-9,15,18H,4,7,10-14H2,1-3H3,(H,20,22). The number of rotatable bonds is 7. The van der Waals surface area contributed by atoms with Crippen molar-refractivity contribution in [3.8, 4) is 0 Å². The Morgan fingerprint density at radius 3 is 2.68 bits per heavy atom. The van der Waals surface area contributed by atoms with E-state index in [1.54, 1.807) is 0 Å². The Balaban J connectivity index is 1.98. The molecule has 1 aromatic rings. The van der Waals surface area contributed by atoms with Gasteiger partial charge in [-0.25, -0.2) is 0 Å². The van der Waals surface area contributed by atoms with Crippen LogP contribution in [0.2, 0.25) is 0 Å². The number of hydrogen-bond donors (Lipinski definition) is 1. The molecule has 1 aliphatic rings. The summed E-state index contributed by atoms with van der Waals surface area (Å²) in [6.07, 6.45) is 3.80. The first kappa shape index (κ1) is 17.0. The van der Waals surface area contributed by atoms with Crippen molar-refractivity contribution in [3.05, 3.63) is 35.4 Å². The van der Waals surface area contributed by atoms with Crippen LogP contribution in [0.4, 0.5) is 0 Å². The van der Waals surface area contributed by atoms with Crippen molar-refractivity contribution in [2.45, 2.75) is 59.0 Å². The number of benzene rings is 1. The summed E-state index contributed by atoms with van der Waals surface area (Å²) in [6, 6.07) is 9.18. The van der Waals surface area contributed by atoms with Crippen molar-refractivity contribution in [1.29, 1.82) is 0 Å². The molecule has 1 amide bonds. The molecule has 0 saturated carbocycles. The lowest BCUT2D eigenvalue weighted by atomic mass is 9.95. The predicted molar refractivity (Wildman–Crippen MR) is 91.7 cm³/mol. The average molecular weight is 302 g/mol. The van der Waals surface area contributed by atoms with Crippen LogP contribution < -0.4 is 5.32 Å². The summed E-state index contributed by atoms with van der Waals surface area (Å²) >= 11 is 0. The normalized spacial score (nSPS) is 16.4. The van der Waals surface area contributed by atoms with Crippen LogP contribution in [0.5, 0.6) is 0 Å². The molecular weight excluding hydrogens is 272 g/mol. The summed E-state index contributed by atoms with van der Waals surface area (Å²) in [5, 5.41) is 3.13. The van der Waals surface area contributed by atoms with Gasteiger partial charge >= 0.3 is 0 Å². The Kier molecular flexibility index (Phi) is 6.44. The van der Waals surface area contributed by atoms with E-state index in [-0.39, 0.29) is 5.91 Å². The van der Waals surface area contributed by atoms with Crippen LogP contribution in [0.3, 0.4) is 0 Å². The summed E-state index contributed by atoms with van der Waals surface area (Å²) in [5.74, 6) is 0.832. The van der Waals surface area contributed by atoms with Crippen LogP contribution in [-0.2, 0) is 17.8 Å². The molecule has 3 nitrogen and oxygen atoms in total. The maximum Gasteiger partial charge on any atom is 0.220 e. The number of carbonyl (C=O) groups excluding carboxylic acids is 1. The van der Waals surface area contributed by atoms with Gasteiger partial charge in [0.2, 0.25) is 5.91 Å². The van der Waals surface area contributed by atoms with Crippen LogP contribution in [0.25, 0.3) is 0 Å². The minimum atomic E-state index is 0.189. The summed E-state index contributed by atoms with van der Waals surface area (Å²) in [7, 11) is 0. The summed E-state index contributed by atoms with van der Waals surface area (Å²) in [5.41, 5.74) is 2.93. The molecule has 3 heteroatoms. The first-order valence-electron chi connectivity index (χ1n) is 8.67. The molecule has 1 aromatic carbocycles. The van der Waals surface area contributed by atoms with Gasteiger partial charge in [-0.2, -0.15) is 0 Å². The van der Waals surface area contributed by atoms with Crippen LogP contribution in [-0.4, -0.2) is 29.9 Å². The van der Waals surface area contributed by atoms with E-state index < -0.39 is 0 Å². The molecule has 0 spiro atoms. The first-order chi connectivity index (χ1) is 10.6. The van der Waals surface area contributed by atoms with Crippen LogP contribution in [0.1, 0.15) is 51.2 Å². The van der Waals surface area contributed by atoms with Gasteiger partial charge in [0.05, 0.1) is 0 Å². The van der Waals surface area contributed by atoms with Crippen molar-refractivity contribution in [3.63, 3.8) is 0 Å². The molecule has 0 bridgehead atoms. The van der Waals surface area contributed by atoms with Gasteiger partial charge in [0.15, 0.2) is 0 Å². The summed E-state index contributed by atoms with van der Waals surface area (Å²) < 4.78 is 0. The number of nitrogens with one attached hydrogen (secondary N) is 1. The van der Waals surface area contributed by atoms with E-state index in [0.29, 0.717) is 18.4 Å². The second kappa shape index (κ2) is 8.33. The molecule has 0 saturated heterocycles. The van der Waals surface area contributed by atoms with E-state index in [4.69, 9.17) is 0 Å². The Labute approximate surface area is 135 Å². The molecule has 1 aliphatic heterocycles. The quantitative estimate of drug-likeness (QED) is 0.837. The van der Waals surface area contributed by atoms with Gasteiger partial charge in [-0.1, -0.05) is 45.0 Å². The van der Waals surface area contributed by atoms with Crippen molar-refractivity contribution in [2.75, 3.05) is 13.1 Å². The molecule has 0 radical (unpaired) electrons. The smallest absolute Gasteiger partial charge is 0.220 e. The van der Waals surface area contributed by atoms with E-state index in [1.807, 2.05) is 6.92 Å². The lowest BCUT2D eigenvalue weighted by molar-refractivity contribution is -0.121. The highest BCUT2D eigenvalue weighted by Gasteiger charge is 2.24. The third-order valence-corrected chi connectivity index (χ3v) is 4.43. The first-order valence-corrected chi connectivity index (χ1v) is 8.67. The fourth-order valence-electron chi connectivity index (χ4n) is 3.28. The Morgan fingerprint density at radius 1 is 1.27 bits per heavy atom. The van der Waals surface area contributed by atoms with Crippen LogP contribution in [0.15, 0.2) is 24.3 Å². The van der Waals surface area contributed by atoms with Crippen molar-refractivity contribution in [1.82, 2.24) is 10.2 Å². The largest absolute Gasteiger partial charge is 0.355 e. The number of fused-ring (bicyclic) bond motifs is 1. The van der Waals surface area contributed by atoms with E-state index in [9.17, 15) is 4.79 Å². The summed E-state index contributed by atoms with van der Waals surface area (Å²) in [4.78, 5) is 14.3. The highest BCUT2D eigenvalue weighted by Crippen LogP contribution is 2.22. The highest BCUT2D eigenvalue weighted by atomic mass is 16.1. The highest BCUT2D eigenvalue weighted by molar-refractivity contribution is 5.75. The predicted octanol–water partition coefficient (Wildman–Crippen LogP) is 3.38. The Bertz CT molecular complexity index is 484. The number of carbonyl (C=O) groups is 1. The van der Waals surface area contributed by atoms with E-state index in [0.717, 1.165) is 38.9 Å². The van der Waals surface area contributed by atoms with Crippen LogP contribution in [0, 0.1) is 5.92 Å². The van der Waals surface area contributed by atoms with Gasteiger partial charge in [0, 0.05) is 32.1 Å². The minimum absolute atomic E-state index is 0.189. The third-order valence-electron chi connectivity index (χ3n) is 4.43. The van der Waals surface area contributed by atoms with Gasteiger partial charge in [0.1, 0.15) is 0 Å². The second-order valence-electron chi connectivity index (χ2n) is 6.83. The molecule has 0 fully saturated rings. The van der Waals surface area contributed by atoms with Gasteiger partial charge in [0.25, 0.3) is 0 Å². The fraction of sp³-hybridized carbons (Fsp3) is 0.632. The SMILES string of the molecule is CCCC(=O)NCC(CC(C)C)N1CCc2ccccc2C1. The van der Waals surface area contributed by atoms with Gasteiger partial charge < -0.3 is 5.32 Å². The number of hydrogen-bond acceptors (Lipinski definition) is 2. The monoisotopic (exact) mass is 302 g/mol. The fourth-order valence-corrected chi connectivity index (χ4v) is 3.28. The topological polar surface area (TPSA) is 32.3 Å².